The van der Waals surface area contributed by atoms with Gasteiger partial charge in [-0.3, -0.25) is 0 Å². The first-order chi connectivity index (χ1) is 7.79. The van der Waals surface area contributed by atoms with E-state index in [-0.39, 0.29) is 11.0 Å². The van der Waals surface area contributed by atoms with Crippen molar-refractivity contribution in [2.24, 2.45) is 5.41 Å². The van der Waals surface area contributed by atoms with E-state index in [2.05, 4.69) is 20.8 Å². The molecule has 1 rings (SSSR count). The lowest BCUT2D eigenvalue weighted by atomic mass is 9.93. The van der Waals surface area contributed by atoms with Gasteiger partial charge in [0, 0.05) is 0 Å². The van der Waals surface area contributed by atoms with Gasteiger partial charge >= 0.3 is 5.97 Å². The highest BCUT2D eigenvalue weighted by molar-refractivity contribution is 6.32. The third kappa shape index (κ3) is 4.65. The molecule has 0 saturated heterocycles. The van der Waals surface area contributed by atoms with Crippen LogP contribution in [0.5, 0.6) is 5.75 Å². The van der Waals surface area contributed by atoms with Gasteiger partial charge in [-0.1, -0.05) is 32.4 Å². The Balaban J connectivity index is 2.64. The number of carboxylic acids is 1. The number of hydrogen-bond donors (Lipinski definition) is 1. The summed E-state index contributed by atoms with van der Waals surface area (Å²) in [7, 11) is 0. The van der Waals surface area contributed by atoms with Gasteiger partial charge in [0.05, 0.1) is 17.2 Å². The molecule has 0 amide bonds. The van der Waals surface area contributed by atoms with Gasteiger partial charge in [-0.2, -0.15) is 0 Å². The molecule has 0 radical (unpaired) electrons. The first kappa shape index (κ1) is 13.8. The average Bonchev–Trinajstić information content (AvgIpc) is 2.18. The SMILES string of the molecule is CC(C)(C)CCOc1ccc(C(=O)O)cc1Cl. The summed E-state index contributed by atoms with van der Waals surface area (Å²) in [6.45, 7) is 6.96. The van der Waals surface area contributed by atoms with E-state index in [1.165, 1.54) is 12.1 Å². The summed E-state index contributed by atoms with van der Waals surface area (Å²) in [4.78, 5) is 10.7. The van der Waals surface area contributed by atoms with Crippen LogP contribution in [0.4, 0.5) is 0 Å². The van der Waals surface area contributed by atoms with Gasteiger partial charge in [0.2, 0.25) is 0 Å². The number of ether oxygens (including phenoxy) is 1. The first-order valence-corrected chi connectivity index (χ1v) is 5.83. The second-order valence-corrected chi connectivity index (χ2v) is 5.52. The van der Waals surface area contributed by atoms with E-state index in [1.807, 2.05) is 0 Å². The number of halogens is 1. The quantitative estimate of drug-likeness (QED) is 0.890. The zero-order valence-electron chi connectivity index (χ0n) is 10.3. The molecule has 0 atom stereocenters. The van der Waals surface area contributed by atoms with Crippen molar-refractivity contribution in [3.8, 4) is 5.75 Å². The van der Waals surface area contributed by atoms with E-state index in [9.17, 15) is 4.79 Å². The molecule has 0 aromatic heterocycles. The van der Waals surface area contributed by atoms with Crippen LogP contribution >= 0.6 is 11.6 Å². The topological polar surface area (TPSA) is 46.5 Å². The summed E-state index contributed by atoms with van der Waals surface area (Å²) >= 11 is 5.94. The Morgan fingerprint density at radius 3 is 2.53 bits per heavy atom. The van der Waals surface area contributed by atoms with Crippen LogP contribution in [-0.4, -0.2) is 17.7 Å². The van der Waals surface area contributed by atoms with Gasteiger partial charge in [-0.05, 0) is 30.0 Å². The van der Waals surface area contributed by atoms with E-state index in [4.69, 9.17) is 21.4 Å². The van der Waals surface area contributed by atoms with Crippen molar-refractivity contribution in [2.75, 3.05) is 6.61 Å². The minimum Gasteiger partial charge on any atom is -0.492 e. The van der Waals surface area contributed by atoms with E-state index >= 15 is 0 Å². The van der Waals surface area contributed by atoms with Crippen molar-refractivity contribution in [3.05, 3.63) is 28.8 Å². The van der Waals surface area contributed by atoms with Crippen LogP contribution in [0.3, 0.4) is 0 Å². The predicted molar refractivity (Wildman–Crippen MR) is 68.0 cm³/mol. The smallest absolute Gasteiger partial charge is 0.335 e. The molecule has 94 valence electrons. The summed E-state index contributed by atoms with van der Waals surface area (Å²) in [5.74, 6) is -0.464. The van der Waals surface area contributed by atoms with Gasteiger partial charge < -0.3 is 9.84 Å². The molecule has 0 aliphatic rings. The maximum absolute atomic E-state index is 10.7. The van der Waals surface area contributed by atoms with Crippen LogP contribution in [0, 0.1) is 5.41 Å². The highest BCUT2D eigenvalue weighted by atomic mass is 35.5. The molecule has 0 fully saturated rings. The molecular formula is C13H17ClO3. The lowest BCUT2D eigenvalue weighted by Gasteiger charge is -2.18. The summed E-state index contributed by atoms with van der Waals surface area (Å²) in [5.41, 5.74) is 0.367. The zero-order valence-corrected chi connectivity index (χ0v) is 11.0. The third-order valence-electron chi connectivity index (χ3n) is 2.29. The van der Waals surface area contributed by atoms with Crippen molar-refractivity contribution in [2.45, 2.75) is 27.2 Å². The second-order valence-electron chi connectivity index (χ2n) is 5.11. The maximum atomic E-state index is 10.7. The van der Waals surface area contributed by atoms with E-state index in [1.54, 1.807) is 6.07 Å². The number of rotatable bonds is 4. The summed E-state index contributed by atoms with van der Waals surface area (Å²) in [6, 6.07) is 4.48. The fourth-order valence-corrected chi connectivity index (χ4v) is 1.45. The van der Waals surface area contributed by atoms with Gasteiger partial charge in [0.25, 0.3) is 0 Å². The van der Waals surface area contributed by atoms with Crippen molar-refractivity contribution >= 4 is 17.6 Å². The van der Waals surface area contributed by atoms with E-state index in [0.29, 0.717) is 17.4 Å². The lowest BCUT2D eigenvalue weighted by Crippen LogP contribution is -2.11. The van der Waals surface area contributed by atoms with Crippen molar-refractivity contribution < 1.29 is 14.6 Å². The molecule has 0 saturated carbocycles. The minimum atomic E-state index is -0.992. The predicted octanol–water partition coefficient (Wildman–Crippen LogP) is 3.85. The van der Waals surface area contributed by atoms with Gasteiger partial charge in [0.15, 0.2) is 0 Å². The van der Waals surface area contributed by atoms with Gasteiger partial charge in [0.1, 0.15) is 5.75 Å². The molecule has 0 aliphatic heterocycles. The van der Waals surface area contributed by atoms with Crippen LogP contribution in [-0.2, 0) is 0 Å². The number of hydrogen-bond acceptors (Lipinski definition) is 2. The molecule has 0 unspecified atom stereocenters. The molecule has 17 heavy (non-hydrogen) atoms. The molecule has 4 heteroatoms. The van der Waals surface area contributed by atoms with Crippen LogP contribution in [0.2, 0.25) is 5.02 Å². The van der Waals surface area contributed by atoms with Crippen molar-refractivity contribution in [3.63, 3.8) is 0 Å². The fourth-order valence-electron chi connectivity index (χ4n) is 1.22. The molecule has 0 bridgehead atoms. The van der Waals surface area contributed by atoms with Crippen LogP contribution < -0.4 is 4.74 Å². The highest BCUT2D eigenvalue weighted by Crippen LogP contribution is 2.27. The Hall–Kier alpha value is -1.22. The number of benzene rings is 1. The molecule has 3 nitrogen and oxygen atoms in total. The molecule has 1 N–H and O–H groups in total. The van der Waals surface area contributed by atoms with Crippen LogP contribution in [0.25, 0.3) is 0 Å². The molecule has 1 aromatic rings. The Labute approximate surface area is 106 Å². The summed E-state index contributed by atoms with van der Waals surface area (Å²) < 4.78 is 5.52. The average molecular weight is 257 g/mol. The number of aromatic carboxylic acids is 1. The first-order valence-electron chi connectivity index (χ1n) is 5.45. The van der Waals surface area contributed by atoms with Crippen LogP contribution in [0.15, 0.2) is 18.2 Å². The van der Waals surface area contributed by atoms with Crippen molar-refractivity contribution in [1.29, 1.82) is 0 Å². The molecular weight excluding hydrogens is 240 g/mol. The normalized spacial score (nSPS) is 11.3. The second kappa shape index (κ2) is 5.41. The summed E-state index contributed by atoms with van der Waals surface area (Å²) in [6.07, 6.45) is 0.907. The molecule has 0 heterocycles. The van der Waals surface area contributed by atoms with E-state index < -0.39 is 5.97 Å². The van der Waals surface area contributed by atoms with Crippen LogP contribution in [0.1, 0.15) is 37.6 Å². The Morgan fingerprint density at radius 1 is 1.41 bits per heavy atom. The Morgan fingerprint density at radius 2 is 2.06 bits per heavy atom. The number of carboxylic acid groups (broad SMARTS) is 1. The van der Waals surface area contributed by atoms with Gasteiger partial charge in [-0.25, -0.2) is 4.79 Å². The summed E-state index contributed by atoms with van der Waals surface area (Å²) in [5, 5.41) is 9.12. The Kier molecular flexibility index (Phi) is 4.40. The third-order valence-corrected chi connectivity index (χ3v) is 2.58. The molecule has 1 aromatic carbocycles. The van der Waals surface area contributed by atoms with Crippen molar-refractivity contribution in [1.82, 2.24) is 0 Å². The minimum absolute atomic E-state index is 0.165. The Bertz CT molecular complexity index is 408. The standard InChI is InChI=1S/C13H17ClO3/c1-13(2,3)6-7-17-11-5-4-9(12(15)16)8-10(11)14/h4-5,8H,6-7H2,1-3H3,(H,15,16). The van der Waals surface area contributed by atoms with E-state index in [0.717, 1.165) is 6.42 Å². The van der Waals surface area contributed by atoms with Gasteiger partial charge in [-0.15, -0.1) is 0 Å². The largest absolute Gasteiger partial charge is 0.492 e. The zero-order chi connectivity index (χ0) is 13.1. The molecule has 0 aliphatic carbocycles. The lowest BCUT2D eigenvalue weighted by molar-refractivity contribution is 0.0697. The highest BCUT2D eigenvalue weighted by Gasteiger charge is 2.12. The number of carbonyl (C=O) groups is 1. The molecule has 0 spiro atoms. The monoisotopic (exact) mass is 256 g/mol. The fraction of sp³-hybridized carbons (Fsp3) is 0.462. The maximum Gasteiger partial charge on any atom is 0.335 e.